The number of carbonyl (C=O) groups is 2. The zero-order valence-corrected chi connectivity index (χ0v) is 9.72. The Morgan fingerprint density at radius 1 is 1.53 bits per heavy atom. The van der Waals surface area contributed by atoms with Crippen LogP contribution in [-0.4, -0.2) is 63.6 Å². The van der Waals surface area contributed by atoms with E-state index in [1.54, 1.807) is 6.92 Å². The van der Waals surface area contributed by atoms with E-state index >= 15 is 0 Å². The summed E-state index contributed by atoms with van der Waals surface area (Å²) in [6.07, 6.45) is 1.27. The Hall–Kier alpha value is -1.34. The summed E-state index contributed by atoms with van der Waals surface area (Å²) in [5.41, 5.74) is -0.937. The Morgan fingerprint density at radius 2 is 2.18 bits per heavy atom. The molecule has 0 aliphatic carbocycles. The number of urea groups is 1. The van der Waals surface area contributed by atoms with Crippen molar-refractivity contribution in [2.24, 2.45) is 0 Å². The summed E-state index contributed by atoms with van der Waals surface area (Å²) in [5.74, 6) is -1.29. The van der Waals surface area contributed by atoms with Crippen LogP contribution in [-0.2, 0) is 4.79 Å². The van der Waals surface area contributed by atoms with Crippen molar-refractivity contribution in [2.45, 2.75) is 31.4 Å². The Kier molecular flexibility index (Phi) is 4.30. The number of nitrogens with one attached hydrogen (secondary N) is 1. The van der Waals surface area contributed by atoms with Crippen LogP contribution >= 0.6 is 0 Å². The number of aliphatic hydroxyl groups excluding tert-OH is 1. The van der Waals surface area contributed by atoms with Gasteiger partial charge in [0, 0.05) is 6.54 Å². The van der Waals surface area contributed by atoms with E-state index in [2.05, 4.69) is 5.32 Å². The Balaban J connectivity index is 2.55. The minimum absolute atomic E-state index is 0.163. The van der Waals surface area contributed by atoms with Gasteiger partial charge < -0.3 is 25.5 Å². The normalized spacial score (nSPS) is 26.4. The molecule has 0 saturated carbocycles. The van der Waals surface area contributed by atoms with Crippen LogP contribution in [0.5, 0.6) is 0 Å². The van der Waals surface area contributed by atoms with Crippen LogP contribution in [0.2, 0.25) is 0 Å². The van der Waals surface area contributed by atoms with Crippen molar-refractivity contribution in [1.82, 2.24) is 10.2 Å². The van der Waals surface area contributed by atoms with E-state index < -0.39 is 30.3 Å². The van der Waals surface area contributed by atoms with Gasteiger partial charge in [-0.1, -0.05) is 0 Å². The highest BCUT2D eigenvalue weighted by Crippen LogP contribution is 2.20. The first-order valence-corrected chi connectivity index (χ1v) is 5.47. The fourth-order valence-electron chi connectivity index (χ4n) is 1.82. The smallest absolute Gasteiger partial charge is 0.328 e. The lowest BCUT2D eigenvalue weighted by molar-refractivity contribution is -0.140. The third kappa shape index (κ3) is 3.86. The van der Waals surface area contributed by atoms with E-state index in [4.69, 9.17) is 10.2 Å². The molecule has 7 nitrogen and oxygen atoms in total. The molecular weight excluding hydrogens is 228 g/mol. The molecule has 1 aliphatic rings. The highest BCUT2D eigenvalue weighted by molar-refractivity contribution is 5.82. The average molecular weight is 246 g/mol. The fraction of sp³-hybridized carbons (Fsp3) is 0.800. The van der Waals surface area contributed by atoms with Gasteiger partial charge in [0.25, 0.3) is 0 Å². The van der Waals surface area contributed by atoms with Gasteiger partial charge >= 0.3 is 12.0 Å². The summed E-state index contributed by atoms with van der Waals surface area (Å²) in [6.45, 7) is 1.61. The molecule has 17 heavy (non-hydrogen) atoms. The molecule has 0 aromatic rings. The molecule has 7 heteroatoms. The average Bonchev–Trinajstić information content (AvgIpc) is 2.23. The molecule has 4 N–H and O–H groups in total. The summed E-state index contributed by atoms with van der Waals surface area (Å²) >= 11 is 0. The summed E-state index contributed by atoms with van der Waals surface area (Å²) in [7, 11) is 0. The predicted octanol–water partition coefficient (Wildman–Crippen LogP) is -1.01. The fourth-order valence-corrected chi connectivity index (χ4v) is 1.82. The topological polar surface area (TPSA) is 110 Å². The molecule has 98 valence electrons. The summed E-state index contributed by atoms with van der Waals surface area (Å²) < 4.78 is 0. The van der Waals surface area contributed by atoms with Gasteiger partial charge in [-0.2, -0.15) is 0 Å². The Bertz CT molecular complexity index is 305. The van der Waals surface area contributed by atoms with Gasteiger partial charge in [0.2, 0.25) is 0 Å². The maximum absolute atomic E-state index is 11.7. The molecular formula is C10H18N2O5. The molecule has 0 aromatic carbocycles. The van der Waals surface area contributed by atoms with Crippen LogP contribution in [0, 0.1) is 0 Å². The highest BCUT2D eigenvalue weighted by atomic mass is 16.4. The van der Waals surface area contributed by atoms with Gasteiger partial charge in [0.15, 0.2) is 6.04 Å². The van der Waals surface area contributed by atoms with Crippen LogP contribution < -0.4 is 5.32 Å². The molecule has 2 unspecified atom stereocenters. The van der Waals surface area contributed by atoms with Gasteiger partial charge in [-0.05, 0) is 19.8 Å². The van der Waals surface area contributed by atoms with E-state index in [9.17, 15) is 14.7 Å². The molecule has 0 radical (unpaired) electrons. The first kappa shape index (κ1) is 13.7. The number of aliphatic hydroxyl groups is 2. The SMILES string of the molecule is CC1(O)CCCN(C(=O)NC(CO)C(=O)O)C1. The lowest BCUT2D eigenvalue weighted by Gasteiger charge is -2.37. The number of amides is 2. The molecule has 0 aromatic heterocycles. The number of piperidine rings is 1. The third-order valence-electron chi connectivity index (χ3n) is 2.74. The second kappa shape index (κ2) is 5.33. The maximum Gasteiger partial charge on any atom is 0.328 e. The lowest BCUT2D eigenvalue weighted by atomic mass is 9.95. The molecule has 1 saturated heterocycles. The van der Waals surface area contributed by atoms with Crippen molar-refractivity contribution in [3.05, 3.63) is 0 Å². The standard InChI is InChI=1S/C10H18N2O5/c1-10(17)3-2-4-12(6-10)9(16)11-7(5-13)8(14)15/h7,13,17H,2-6H2,1H3,(H,11,16)(H,14,15). The number of aliphatic carboxylic acids is 1. The third-order valence-corrected chi connectivity index (χ3v) is 2.74. The van der Waals surface area contributed by atoms with E-state index in [0.29, 0.717) is 19.4 Å². The van der Waals surface area contributed by atoms with Crippen LogP contribution in [0.25, 0.3) is 0 Å². The van der Waals surface area contributed by atoms with Crippen molar-refractivity contribution in [2.75, 3.05) is 19.7 Å². The molecule has 0 bridgehead atoms. The van der Waals surface area contributed by atoms with E-state index in [1.165, 1.54) is 4.90 Å². The van der Waals surface area contributed by atoms with Crippen molar-refractivity contribution in [1.29, 1.82) is 0 Å². The zero-order chi connectivity index (χ0) is 13.1. The Morgan fingerprint density at radius 3 is 2.65 bits per heavy atom. The number of carbonyl (C=O) groups excluding carboxylic acids is 1. The van der Waals surface area contributed by atoms with Gasteiger partial charge in [-0.15, -0.1) is 0 Å². The number of rotatable bonds is 3. The first-order valence-electron chi connectivity index (χ1n) is 5.47. The minimum Gasteiger partial charge on any atom is -0.480 e. The molecule has 0 spiro atoms. The van der Waals surface area contributed by atoms with E-state index in [-0.39, 0.29) is 6.54 Å². The number of carboxylic acids is 1. The van der Waals surface area contributed by atoms with Gasteiger partial charge in [0.1, 0.15) is 0 Å². The van der Waals surface area contributed by atoms with E-state index in [0.717, 1.165) is 0 Å². The monoisotopic (exact) mass is 246 g/mol. The number of nitrogens with zero attached hydrogens (tertiary/aromatic N) is 1. The quantitative estimate of drug-likeness (QED) is 0.510. The number of hydrogen-bond donors (Lipinski definition) is 4. The van der Waals surface area contributed by atoms with Gasteiger partial charge in [0.05, 0.1) is 18.8 Å². The lowest BCUT2D eigenvalue weighted by Crippen LogP contribution is -2.55. The first-order chi connectivity index (χ1) is 7.85. The Labute approximate surface area is 99.0 Å². The number of β-amino-alcohol motifs (C(OH)–C–C–N with tert-alkyl or cyclic N) is 1. The summed E-state index contributed by atoms with van der Waals surface area (Å²) in [4.78, 5) is 23.7. The van der Waals surface area contributed by atoms with Crippen molar-refractivity contribution >= 4 is 12.0 Å². The van der Waals surface area contributed by atoms with Gasteiger partial charge in [-0.3, -0.25) is 0 Å². The van der Waals surface area contributed by atoms with Crippen molar-refractivity contribution in [3.63, 3.8) is 0 Å². The number of carboxylic acid groups (broad SMARTS) is 1. The number of likely N-dealkylation sites (tertiary alicyclic amines) is 1. The van der Waals surface area contributed by atoms with Crippen LogP contribution in [0.4, 0.5) is 4.79 Å². The maximum atomic E-state index is 11.7. The van der Waals surface area contributed by atoms with Crippen molar-refractivity contribution in [3.8, 4) is 0 Å². The van der Waals surface area contributed by atoms with E-state index in [1.807, 2.05) is 0 Å². The minimum atomic E-state index is -1.31. The molecule has 1 heterocycles. The largest absolute Gasteiger partial charge is 0.480 e. The molecule has 1 fully saturated rings. The molecule has 1 rings (SSSR count). The predicted molar refractivity (Wildman–Crippen MR) is 58.5 cm³/mol. The second-order valence-electron chi connectivity index (χ2n) is 4.54. The second-order valence-corrected chi connectivity index (χ2v) is 4.54. The highest BCUT2D eigenvalue weighted by Gasteiger charge is 2.32. The molecule has 2 amide bonds. The summed E-state index contributed by atoms with van der Waals surface area (Å²) in [6, 6.07) is -1.89. The van der Waals surface area contributed by atoms with Gasteiger partial charge in [-0.25, -0.2) is 9.59 Å². The molecule has 1 aliphatic heterocycles. The summed E-state index contributed by atoms with van der Waals surface area (Å²) in [5, 5.41) is 29.5. The van der Waals surface area contributed by atoms with Crippen molar-refractivity contribution < 1.29 is 24.9 Å². The zero-order valence-electron chi connectivity index (χ0n) is 9.72. The van der Waals surface area contributed by atoms with Crippen LogP contribution in [0.3, 0.4) is 0 Å². The van der Waals surface area contributed by atoms with Crippen LogP contribution in [0.1, 0.15) is 19.8 Å². The van der Waals surface area contributed by atoms with Crippen LogP contribution in [0.15, 0.2) is 0 Å². The number of hydrogen-bond acceptors (Lipinski definition) is 4. The molecule has 2 atom stereocenters.